The monoisotopic (exact) mass is 283 g/mol. The molecule has 1 aliphatic heterocycles. The van der Waals surface area contributed by atoms with Crippen molar-refractivity contribution in [3.63, 3.8) is 0 Å². The summed E-state index contributed by atoms with van der Waals surface area (Å²) in [6, 6.07) is 8.06. The molecule has 2 aromatic rings. The lowest BCUT2D eigenvalue weighted by Crippen LogP contribution is -2.36. The molecule has 0 saturated heterocycles. The van der Waals surface area contributed by atoms with Crippen LogP contribution < -0.4 is 4.90 Å². The first-order valence-electron chi connectivity index (χ1n) is 7.24. The van der Waals surface area contributed by atoms with E-state index in [0.29, 0.717) is 6.54 Å². The Morgan fingerprint density at radius 1 is 1.19 bits per heavy atom. The molecular formula is C17H21N3O. The molecule has 0 aliphatic carbocycles. The van der Waals surface area contributed by atoms with E-state index >= 15 is 0 Å². The summed E-state index contributed by atoms with van der Waals surface area (Å²) in [6.45, 7) is 8.63. The van der Waals surface area contributed by atoms with E-state index in [1.54, 1.807) is 0 Å². The fourth-order valence-electron chi connectivity index (χ4n) is 3.14. The van der Waals surface area contributed by atoms with Crippen molar-refractivity contribution >= 4 is 11.6 Å². The number of benzene rings is 1. The summed E-state index contributed by atoms with van der Waals surface area (Å²) in [5.74, 6) is 0.155. The van der Waals surface area contributed by atoms with Crippen molar-refractivity contribution in [3.05, 3.63) is 46.8 Å². The van der Waals surface area contributed by atoms with E-state index < -0.39 is 5.41 Å². The van der Waals surface area contributed by atoms with Gasteiger partial charge in [-0.05, 0) is 44.9 Å². The van der Waals surface area contributed by atoms with Crippen LogP contribution in [0.4, 0.5) is 5.69 Å². The Hall–Kier alpha value is -2.10. The molecule has 1 aromatic carbocycles. The summed E-state index contributed by atoms with van der Waals surface area (Å²) >= 11 is 0. The number of hydrogen-bond acceptors (Lipinski definition) is 2. The quantitative estimate of drug-likeness (QED) is 0.850. The van der Waals surface area contributed by atoms with Crippen molar-refractivity contribution in [3.8, 4) is 0 Å². The normalized spacial score (nSPS) is 16.4. The highest BCUT2D eigenvalue weighted by molar-refractivity contribution is 6.07. The van der Waals surface area contributed by atoms with Crippen LogP contribution in [0, 0.1) is 13.8 Å². The number of fused-ring (bicyclic) bond motifs is 1. The maximum Gasteiger partial charge on any atom is 0.237 e. The molecule has 3 rings (SSSR count). The third-order valence-electron chi connectivity index (χ3n) is 4.62. The average Bonchev–Trinajstić information content (AvgIpc) is 2.79. The van der Waals surface area contributed by atoms with Gasteiger partial charge < -0.3 is 4.90 Å². The van der Waals surface area contributed by atoms with Crippen molar-refractivity contribution < 1.29 is 4.79 Å². The van der Waals surface area contributed by atoms with Crippen LogP contribution in [0.5, 0.6) is 0 Å². The number of hydrogen-bond donors (Lipinski definition) is 0. The van der Waals surface area contributed by atoms with Gasteiger partial charge in [0.05, 0.1) is 23.3 Å². The van der Waals surface area contributed by atoms with E-state index in [1.165, 1.54) is 0 Å². The minimum Gasteiger partial charge on any atom is -0.305 e. The Balaban J connectivity index is 2.06. The fraction of sp³-hybridized carbons (Fsp3) is 0.412. The molecule has 0 bridgehead atoms. The first-order chi connectivity index (χ1) is 9.84. The van der Waals surface area contributed by atoms with Gasteiger partial charge in [0.2, 0.25) is 5.91 Å². The molecule has 21 heavy (non-hydrogen) atoms. The average molecular weight is 283 g/mol. The molecule has 110 valence electrons. The SMILES string of the molecule is Cc1nn(C)c(CN2C(=O)C(C)(C)c3ccccc32)c1C. The van der Waals surface area contributed by atoms with Gasteiger partial charge in [-0.3, -0.25) is 9.48 Å². The summed E-state index contributed by atoms with van der Waals surface area (Å²) in [4.78, 5) is 14.7. The van der Waals surface area contributed by atoms with E-state index in [-0.39, 0.29) is 5.91 Å². The van der Waals surface area contributed by atoms with Gasteiger partial charge in [-0.2, -0.15) is 5.10 Å². The zero-order valence-corrected chi connectivity index (χ0v) is 13.3. The van der Waals surface area contributed by atoms with Gasteiger partial charge in [-0.25, -0.2) is 0 Å². The Bertz CT molecular complexity index is 728. The molecule has 0 fully saturated rings. The van der Waals surface area contributed by atoms with Crippen molar-refractivity contribution in [2.24, 2.45) is 7.05 Å². The van der Waals surface area contributed by atoms with E-state index in [0.717, 1.165) is 28.2 Å². The lowest BCUT2D eigenvalue weighted by Gasteiger charge is -2.21. The first kappa shape index (κ1) is 13.9. The number of para-hydroxylation sites is 1. The Morgan fingerprint density at radius 2 is 1.86 bits per heavy atom. The fourth-order valence-corrected chi connectivity index (χ4v) is 3.14. The minimum absolute atomic E-state index is 0.155. The zero-order chi connectivity index (χ0) is 15.4. The van der Waals surface area contributed by atoms with Crippen molar-refractivity contribution in [2.45, 2.75) is 39.7 Å². The predicted octanol–water partition coefficient (Wildman–Crippen LogP) is 2.86. The van der Waals surface area contributed by atoms with Crippen LogP contribution in [0.2, 0.25) is 0 Å². The second-order valence-electron chi connectivity index (χ2n) is 6.31. The Morgan fingerprint density at radius 3 is 2.48 bits per heavy atom. The summed E-state index contributed by atoms with van der Waals surface area (Å²) in [6.07, 6.45) is 0. The zero-order valence-electron chi connectivity index (χ0n) is 13.3. The molecule has 1 aromatic heterocycles. The Kier molecular flexibility index (Phi) is 2.94. The highest BCUT2D eigenvalue weighted by Gasteiger charge is 2.43. The molecule has 0 saturated carbocycles. The molecule has 0 N–H and O–H groups in total. The molecule has 1 amide bonds. The predicted molar refractivity (Wildman–Crippen MR) is 83.3 cm³/mol. The highest BCUT2D eigenvalue weighted by Crippen LogP contribution is 2.42. The molecule has 0 unspecified atom stereocenters. The molecule has 0 atom stereocenters. The van der Waals surface area contributed by atoms with Crippen LogP contribution >= 0.6 is 0 Å². The van der Waals surface area contributed by atoms with Crippen LogP contribution in [-0.2, 0) is 23.8 Å². The van der Waals surface area contributed by atoms with E-state index in [2.05, 4.69) is 18.1 Å². The van der Waals surface area contributed by atoms with Crippen LogP contribution in [0.15, 0.2) is 24.3 Å². The number of aromatic nitrogens is 2. The standard InChI is InChI=1S/C17H21N3O/c1-11-12(2)18-19(5)15(11)10-20-14-9-7-6-8-13(14)17(3,4)16(20)21/h6-9H,10H2,1-5H3. The van der Waals surface area contributed by atoms with Crippen molar-refractivity contribution in [1.29, 1.82) is 0 Å². The molecule has 4 heteroatoms. The number of nitrogens with zero attached hydrogens (tertiary/aromatic N) is 3. The third-order valence-corrected chi connectivity index (χ3v) is 4.62. The topological polar surface area (TPSA) is 38.1 Å². The van der Waals surface area contributed by atoms with Gasteiger partial charge >= 0.3 is 0 Å². The summed E-state index contributed by atoms with van der Waals surface area (Å²) < 4.78 is 1.88. The van der Waals surface area contributed by atoms with Crippen LogP contribution in [-0.4, -0.2) is 15.7 Å². The van der Waals surface area contributed by atoms with Gasteiger partial charge in [-0.15, -0.1) is 0 Å². The van der Waals surface area contributed by atoms with Crippen molar-refractivity contribution in [1.82, 2.24) is 9.78 Å². The summed E-state index contributed by atoms with van der Waals surface area (Å²) in [5, 5.41) is 4.45. The largest absolute Gasteiger partial charge is 0.305 e. The number of carbonyl (C=O) groups is 1. The second kappa shape index (κ2) is 4.45. The summed E-state index contributed by atoms with van der Waals surface area (Å²) in [5.41, 5.74) is 4.93. The second-order valence-corrected chi connectivity index (χ2v) is 6.31. The van der Waals surface area contributed by atoms with E-state index in [9.17, 15) is 4.79 Å². The highest BCUT2D eigenvalue weighted by atomic mass is 16.2. The maximum atomic E-state index is 12.8. The van der Waals surface area contributed by atoms with Crippen LogP contribution in [0.1, 0.15) is 36.4 Å². The Labute approximate surface area is 125 Å². The lowest BCUT2D eigenvalue weighted by atomic mass is 9.86. The number of anilines is 1. The number of amides is 1. The number of aryl methyl sites for hydroxylation is 2. The lowest BCUT2D eigenvalue weighted by molar-refractivity contribution is -0.122. The molecule has 4 nitrogen and oxygen atoms in total. The number of rotatable bonds is 2. The van der Waals surface area contributed by atoms with Crippen LogP contribution in [0.25, 0.3) is 0 Å². The van der Waals surface area contributed by atoms with Gasteiger partial charge in [0.15, 0.2) is 0 Å². The molecule has 2 heterocycles. The molecular weight excluding hydrogens is 262 g/mol. The van der Waals surface area contributed by atoms with E-state index in [4.69, 9.17) is 0 Å². The molecule has 1 aliphatic rings. The third kappa shape index (κ3) is 1.89. The molecule has 0 radical (unpaired) electrons. The maximum absolute atomic E-state index is 12.8. The minimum atomic E-state index is -0.460. The molecule has 0 spiro atoms. The van der Waals surface area contributed by atoms with Gasteiger partial charge in [0.1, 0.15) is 0 Å². The van der Waals surface area contributed by atoms with Gasteiger partial charge in [0.25, 0.3) is 0 Å². The van der Waals surface area contributed by atoms with E-state index in [1.807, 2.05) is 55.6 Å². The number of carbonyl (C=O) groups excluding carboxylic acids is 1. The van der Waals surface area contributed by atoms with Gasteiger partial charge in [-0.1, -0.05) is 18.2 Å². The smallest absolute Gasteiger partial charge is 0.237 e. The van der Waals surface area contributed by atoms with Crippen molar-refractivity contribution in [2.75, 3.05) is 4.90 Å². The summed E-state index contributed by atoms with van der Waals surface area (Å²) in [7, 11) is 1.94. The van der Waals surface area contributed by atoms with Gasteiger partial charge in [0, 0.05) is 12.7 Å². The van der Waals surface area contributed by atoms with Crippen LogP contribution in [0.3, 0.4) is 0 Å². The first-order valence-corrected chi connectivity index (χ1v) is 7.24.